The second kappa shape index (κ2) is 8.36. The summed E-state index contributed by atoms with van der Waals surface area (Å²) in [4.78, 5) is 41.6. The monoisotopic (exact) mass is 415 g/mol. The molecule has 2 atom stereocenters. The zero-order valence-corrected chi connectivity index (χ0v) is 16.9. The van der Waals surface area contributed by atoms with E-state index in [0.29, 0.717) is 19.6 Å². The summed E-state index contributed by atoms with van der Waals surface area (Å²) in [5.41, 5.74) is 0.742. The van der Waals surface area contributed by atoms with Gasteiger partial charge >= 0.3 is 0 Å². The van der Waals surface area contributed by atoms with Crippen LogP contribution < -0.4 is 10.6 Å². The summed E-state index contributed by atoms with van der Waals surface area (Å²) in [6.45, 7) is 1.46. The van der Waals surface area contributed by atoms with Crippen LogP contribution in [0.25, 0.3) is 0 Å². The Balaban J connectivity index is 1.38. The molecule has 0 spiro atoms. The number of rotatable bonds is 4. The summed E-state index contributed by atoms with van der Waals surface area (Å²) in [5, 5.41) is 6.96. The molecule has 146 valence electrons. The molecule has 0 saturated carbocycles. The van der Waals surface area contributed by atoms with Gasteiger partial charge in [-0.25, -0.2) is 0 Å². The molecular weight excluding hydrogens is 394 g/mol. The first-order valence-corrected chi connectivity index (χ1v) is 11.0. The number of nitrogens with one attached hydrogen (secondary N) is 2. The van der Waals surface area contributed by atoms with Crippen LogP contribution in [-0.4, -0.2) is 41.0 Å². The van der Waals surface area contributed by atoms with Gasteiger partial charge in [0.2, 0.25) is 17.7 Å². The molecule has 2 aliphatic heterocycles. The summed E-state index contributed by atoms with van der Waals surface area (Å²) in [7, 11) is 0. The average molecular weight is 416 g/mol. The SMILES string of the molecule is O=C(NCc1cccs1)[C@H]1CCCN(C(=O)[C@@H]2Sc3ccccc3NC2=O)C1. The molecule has 2 N–H and O–H groups in total. The maximum absolute atomic E-state index is 13.0. The van der Waals surface area contributed by atoms with Crippen molar-refractivity contribution in [2.24, 2.45) is 5.92 Å². The number of fused-ring (bicyclic) bond motifs is 1. The predicted molar refractivity (Wildman–Crippen MR) is 110 cm³/mol. The fraction of sp³-hybridized carbons (Fsp3) is 0.350. The van der Waals surface area contributed by atoms with Crippen LogP contribution in [0, 0.1) is 5.92 Å². The maximum atomic E-state index is 13.0. The van der Waals surface area contributed by atoms with Gasteiger partial charge in [0.1, 0.15) is 0 Å². The standard InChI is InChI=1S/C20H21N3O3S2/c24-18(21-11-14-6-4-10-27-14)13-5-3-9-23(12-13)20(26)17-19(25)22-15-7-1-2-8-16(15)28-17/h1-2,4,6-8,10,13,17H,3,5,9,11-12H2,(H,21,24)(H,22,25)/t13-,17+/m0/s1. The zero-order valence-electron chi connectivity index (χ0n) is 15.2. The van der Waals surface area contributed by atoms with Gasteiger partial charge in [0.25, 0.3) is 0 Å². The number of para-hydroxylation sites is 1. The van der Waals surface area contributed by atoms with Gasteiger partial charge in [0.05, 0.1) is 18.2 Å². The number of benzene rings is 1. The number of carbonyl (C=O) groups is 3. The largest absolute Gasteiger partial charge is 0.351 e. The fourth-order valence-electron chi connectivity index (χ4n) is 3.50. The van der Waals surface area contributed by atoms with Crippen LogP contribution in [0.1, 0.15) is 17.7 Å². The van der Waals surface area contributed by atoms with Crippen LogP contribution in [0.5, 0.6) is 0 Å². The van der Waals surface area contributed by atoms with Crippen molar-refractivity contribution in [1.29, 1.82) is 0 Å². The smallest absolute Gasteiger partial charge is 0.247 e. The third-order valence-electron chi connectivity index (χ3n) is 4.97. The van der Waals surface area contributed by atoms with Crippen LogP contribution in [0.3, 0.4) is 0 Å². The summed E-state index contributed by atoms with van der Waals surface area (Å²) in [5.74, 6) is -0.774. The first-order valence-electron chi connectivity index (χ1n) is 9.27. The second-order valence-corrected chi connectivity index (χ2v) is 9.08. The highest BCUT2D eigenvalue weighted by atomic mass is 32.2. The first kappa shape index (κ1) is 19.0. The van der Waals surface area contributed by atoms with Crippen LogP contribution in [0.2, 0.25) is 0 Å². The molecular formula is C20H21N3O3S2. The normalized spacial score (nSPS) is 21.6. The minimum absolute atomic E-state index is 0.0306. The van der Waals surface area contributed by atoms with E-state index in [2.05, 4.69) is 10.6 Å². The molecule has 1 fully saturated rings. The molecule has 1 saturated heterocycles. The van der Waals surface area contributed by atoms with Gasteiger partial charge in [-0.15, -0.1) is 23.1 Å². The third kappa shape index (κ3) is 4.07. The highest BCUT2D eigenvalue weighted by Crippen LogP contribution is 2.36. The van der Waals surface area contributed by atoms with Gasteiger partial charge in [-0.3, -0.25) is 14.4 Å². The van der Waals surface area contributed by atoms with Gasteiger partial charge in [-0.1, -0.05) is 18.2 Å². The van der Waals surface area contributed by atoms with Crippen molar-refractivity contribution in [2.45, 2.75) is 29.5 Å². The number of hydrogen-bond acceptors (Lipinski definition) is 5. The molecule has 0 radical (unpaired) electrons. The third-order valence-corrected chi connectivity index (χ3v) is 7.11. The molecule has 2 aromatic rings. The molecule has 3 amide bonds. The van der Waals surface area contributed by atoms with Gasteiger partial charge in [0.15, 0.2) is 5.25 Å². The molecule has 0 bridgehead atoms. The number of hydrogen-bond donors (Lipinski definition) is 2. The number of nitrogens with zero attached hydrogens (tertiary/aromatic N) is 1. The van der Waals surface area contributed by atoms with E-state index >= 15 is 0 Å². The van der Waals surface area contributed by atoms with Gasteiger partial charge in [-0.05, 0) is 36.4 Å². The van der Waals surface area contributed by atoms with Gasteiger partial charge < -0.3 is 15.5 Å². The Hall–Kier alpha value is -2.32. The van der Waals surface area contributed by atoms with Crippen molar-refractivity contribution in [1.82, 2.24) is 10.2 Å². The lowest BCUT2D eigenvalue weighted by atomic mass is 9.96. The van der Waals surface area contributed by atoms with Crippen molar-refractivity contribution >= 4 is 46.5 Å². The molecule has 4 rings (SSSR count). The lowest BCUT2D eigenvalue weighted by molar-refractivity contribution is -0.137. The van der Waals surface area contributed by atoms with E-state index in [9.17, 15) is 14.4 Å². The molecule has 0 unspecified atom stereocenters. The quantitative estimate of drug-likeness (QED) is 0.753. The van der Waals surface area contributed by atoms with Crippen molar-refractivity contribution in [3.05, 3.63) is 46.7 Å². The lowest BCUT2D eigenvalue weighted by Crippen LogP contribution is -2.50. The minimum atomic E-state index is -0.803. The number of likely N-dealkylation sites (tertiary alicyclic amines) is 1. The zero-order chi connectivity index (χ0) is 19.5. The number of amides is 3. The van der Waals surface area contributed by atoms with E-state index in [0.717, 1.165) is 28.3 Å². The van der Waals surface area contributed by atoms with E-state index in [-0.39, 0.29) is 23.6 Å². The molecule has 1 aromatic heterocycles. The fourth-order valence-corrected chi connectivity index (χ4v) is 5.22. The summed E-state index contributed by atoms with van der Waals surface area (Å²) < 4.78 is 0. The first-order chi connectivity index (χ1) is 13.6. The van der Waals surface area contributed by atoms with Crippen molar-refractivity contribution in [2.75, 3.05) is 18.4 Å². The topological polar surface area (TPSA) is 78.5 Å². The molecule has 8 heteroatoms. The van der Waals surface area contributed by atoms with E-state index in [4.69, 9.17) is 0 Å². The van der Waals surface area contributed by atoms with Crippen molar-refractivity contribution in [3.63, 3.8) is 0 Å². The van der Waals surface area contributed by atoms with Crippen molar-refractivity contribution in [3.8, 4) is 0 Å². The molecule has 3 heterocycles. The van der Waals surface area contributed by atoms with E-state index < -0.39 is 5.25 Å². The Bertz CT molecular complexity index is 885. The molecule has 1 aromatic carbocycles. The number of piperidine rings is 1. The van der Waals surface area contributed by atoms with Crippen LogP contribution in [0.4, 0.5) is 5.69 Å². The maximum Gasteiger partial charge on any atom is 0.247 e. The van der Waals surface area contributed by atoms with E-state index in [1.807, 2.05) is 41.8 Å². The van der Waals surface area contributed by atoms with E-state index in [1.54, 1.807) is 16.2 Å². The Morgan fingerprint density at radius 3 is 2.89 bits per heavy atom. The van der Waals surface area contributed by atoms with Crippen LogP contribution >= 0.6 is 23.1 Å². The molecule has 0 aliphatic carbocycles. The molecule has 28 heavy (non-hydrogen) atoms. The average Bonchev–Trinajstić information content (AvgIpc) is 3.25. The number of anilines is 1. The predicted octanol–water partition coefficient (Wildman–Crippen LogP) is 2.72. The minimum Gasteiger partial charge on any atom is -0.351 e. The number of thiophene rings is 1. The summed E-state index contributed by atoms with van der Waals surface area (Å²) in [6.07, 6.45) is 1.52. The van der Waals surface area contributed by atoms with Crippen molar-refractivity contribution < 1.29 is 14.4 Å². The highest BCUT2D eigenvalue weighted by molar-refractivity contribution is 8.01. The highest BCUT2D eigenvalue weighted by Gasteiger charge is 2.38. The summed E-state index contributed by atoms with van der Waals surface area (Å²) in [6, 6.07) is 11.4. The second-order valence-electron chi connectivity index (χ2n) is 6.90. The Labute approximate surface area is 171 Å². The number of thioether (sulfide) groups is 1. The van der Waals surface area contributed by atoms with Gasteiger partial charge in [0, 0.05) is 22.9 Å². The van der Waals surface area contributed by atoms with Gasteiger partial charge in [-0.2, -0.15) is 0 Å². The lowest BCUT2D eigenvalue weighted by Gasteiger charge is -2.35. The summed E-state index contributed by atoms with van der Waals surface area (Å²) >= 11 is 2.89. The molecule has 6 nitrogen and oxygen atoms in total. The van der Waals surface area contributed by atoms with Crippen LogP contribution in [-0.2, 0) is 20.9 Å². The van der Waals surface area contributed by atoms with E-state index in [1.165, 1.54) is 11.8 Å². The van der Waals surface area contributed by atoms with Crippen LogP contribution in [0.15, 0.2) is 46.7 Å². The Morgan fingerprint density at radius 1 is 1.21 bits per heavy atom. The Morgan fingerprint density at radius 2 is 2.07 bits per heavy atom. The Kier molecular flexibility index (Phi) is 5.68. The number of carbonyl (C=O) groups excluding carboxylic acids is 3. The molecule has 2 aliphatic rings.